The molecule has 1 unspecified atom stereocenters. The van der Waals surface area contributed by atoms with Crippen LogP contribution >= 0.6 is 0 Å². The van der Waals surface area contributed by atoms with Crippen molar-refractivity contribution in [2.45, 2.75) is 20.3 Å². The summed E-state index contributed by atoms with van der Waals surface area (Å²) in [6.07, 6.45) is 5.05. The lowest BCUT2D eigenvalue weighted by atomic mass is 9.86. The van der Waals surface area contributed by atoms with Crippen LogP contribution in [0.15, 0.2) is 91.0 Å². The Morgan fingerprint density at radius 2 is 1.06 bits per heavy atom. The Kier molecular flexibility index (Phi) is 5.13. The molecule has 1 atom stereocenters. The van der Waals surface area contributed by atoms with Crippen molar-refractivity contribution in [3.8, 4) is 0 Å². The van der Waals surface area contributed by atoms with Gasteiger partial charge in [-0.05, 0) is 67.8 Å². The van der Waals surface area contributed by atoms with Gasteiger partial charge >= 0.3 is 0 Å². The molecule has 48 heavy (non-hydrogen) atoms. The van der Waals surface area contributed by atoms with E-state index in [1.54, 1.807) is 33.6 Å². The topological polar surface area (TPSA) is 84.6 Å². The molecule has 7 aromatic rings. The number of nitrogens with zero attached hydrogens (tertiary/aromatic N) is 4. The maximum absolute atomic E-state index is 14.4. The van der Waals surface area contributed by atoms with Crippen LogP contribution in [0, 0.1) is 12.8 Å². The predicted octanol–water partition coefficient (Wildman–Crippen LogP) is 5.68. The average molecular weight is 627 g/mol. The molecule has 2 aliphatic heterocycles. The highest BCUT2D eigenvalue weighted by Gasteiger charge is 2.42. The van der Waals surface area contributed by atoms with Crippen molar-refractivity contribution in [1.82, 2.24) is 9.35 Å². The minimum atomic E-state index is -0.522. The molecule has 4 heterocycles. The minimum absolute atomic E-state index is 0.262. The molecule has 3 aliphatic rings. The molecular formula is C40H26N4O4. The van der Waals surface area contributed by atoms with Crippen LogP contribution in [0.2, 0.25) is 0 Å². The molecule has 4 amide bonds. The molecule has 2 aromatic heterocycles. The molecule has 230 valence electrons. The first-order valence-corrected chi connectivity index (χ1v) is 16.0. The standard InChI is InChI=1S/C40H26N4O4/c1-21-11-17-33-29(19-21)23-7-3-5-9-31(23)41(33)43-37(45)25-13-15-27-36-28(16-14-26(35(25)36)38(43)46)40(48)44(39(27)47)42-32-10-6-4-8-24(32)30-20-22(2)12-18-34(30)42/h3-11,13-20,22H,12H2,1-2H3. The van der Waals surface area contributed by atoms with Crippen molar-refractivity contribution in [3.05, 3.63) is 129 Å². The number of aryl methyl sites for hydroxylation is 1. The Morgan fingerprint density at radius 1 is 0.562 bits per heavy atom. The minimum Gasteiger partial charge on any atom is -0.267 e. The highest BCUT2D eigenvalue weighted by atomic mass is 16.2. The normalized spacial score (nSPS) is 17.1. The summed E-state index contributed by atoms with van der Waals surface area (Å²) in [5, 5.41) is 7.68. The third-order valence-electron chi connectivity index (χ3n) is 10.1. The summed E-state index contributed by atoms with van der Waals surface area (Å²) in [7, 11) is 0. The summed E-state index contributed by atoms with van der Waals surface area (Å²) in [6.45, 7) is 4.15. The highest BCUT2D eigenvalue weighted by Crippen LogP contribution is 2.39. The van der Waals surface area contributed by atoms with E-state index in [0.717, 1.165) is 55.3 Å². The lowest BCUT2D eigenvalue weighted by molar-refractivity contribution is 0.0834. The fourth-order valence-electron chi connectivity index (χ4n) is 8.00. The lowest BCUT2D eigenvalue weighted by Gasteiger charge is -2.33. The van der Waals surface area contributed by atoms with Gasteiger partial charge in [0.1, 0.15) is 0 Å². The van der Waals surface area contributed by atoms with E-state index < -0.39 is 23.6 Å². The van der Waals surface area contributed by atoms with Gasteiger partial charge in [0, 0.05) is 32.1 Å². The predicted molar refractivity (Wildman–Crippen MR) is 186 cm³/mol. The van der Waals surface area contributed by atoms with E-state index in [1.807, 2.05) is 67.6 Å². The lowest BCUT2D eigenvalue weighted by Crippen LogP contribution is -2.54. The number of hydrogen-bond donors (Lipinski definition) is 0. The molecule has 1 aliphatic carbocycles. The Morgan fingerprint density at radius 3 is 1.67 bits per heavy atom. The number of benzene rings is 5. The van der Waals surface area contributed by atoms with Crippen molar-refractivity contribution in [1.29, 1.82) is 0 Å². The molecule has 8 nitrogen and oxygen atoms in total. The highest BCUT2D eigenvalue weighted by molar-refractivity contribution is 6.40. The van der Waals surface area contributed by atoms with Crippen LogP contribution < -0.4 is 20.6 Å². The summed E-state index contributed by atoms with van der Waals surface area (Å²) >= 11 is 0. The second kappa shape index (κ2) is 9.17. The maximum atomic E-state index is 14.4. The van der Waals surface area contributed by atoms with Gasteiger partial charge in [-0.15, -0.1) is 0 Å². The second-order valence-corrected chi connectivity index (χ2v) is 13.0. The second-order valence-electron chi connectivity index (χ2n) is 13.0. The van der Waals surface area contributed by atoms with Crippen LogP contribution in [0.3, 0.4) is 0 Å². The van der Waals surface area contributed by atoms with E-state index in [4.69, 9.17) is 0 Å². The van der Waals surface area contributed by atoms with Crippen molar-refractivity contribution in [2.75, 3.05) is 10.0 Å². The van der Waals surface area contributed by atoms with Crippen molar-refractivity contribution in [2.24, 2.45) is 5.92 Å². The summed E-state index contributed by atoms with van der Waals surface area (Å²) in [5.41, 5.74) is 4.33. The summed E-state index contributed by atoms with van der Waals surface area (Å²) in [5.74, 6) is -1.74. The van der Waals surface area contributed by atoms with E-state index >= 15 is 0 Å². The number of aromatic nitrogens is 2. The summed E-state index contributed by atoms with van der Waals surface area (Å²) in [6, 6.07) is 27.9. The number of carbonyl (C=O) groups excluding carboxylic acids is 4. The zero-order valence-electron chi connectivity index (χ0n) is 26.0. The Hall–Kier alpha value is -6.28. The Bertz CT molecular complexity index is 2770. The van der Waals surface area contributed by atoms with Crippen molar-refractivity contribution >= 4 is 79.3 Å². The van der Waals surface area contributed by atoms with Gasteiger partial charge in [-0.1, -0.05) is 67.1 Å². The third kappa shape index (κ3) is 3.23. The van der Waals surface area contributed by atoms with E-state index in [2.05, 4.69) is 25.1 Å². The van der Waals surface area contributed by atoms with Gasteiger partial charge in [0.2, 0.25) is 0 Å². The molecule has 10 rings (SSSR count). The van der Waals surface area contributed by atoms with Crippen LogP contribution in [0.25, 0.3) is 55.6 Å². The number of carbonyl (C=O) groups is 4. The fourth-order valence-corrected chi connectivity index (χ4v) is 8.00. The SMILES string of the molecule is Cc1ccc2c(c1)c1ccccc1n2N1C(=O)c2ccc3c4c(ccc(c24)C1=O)C(=O)N(n1c2c(c4ccccc41)=CC(C)CC=2)C3=O. The first kappa shape index (κ1) is 26.9. The molecule has 0 N–H and O–H groups in total. The molecule has 0 saturated carbocycles. The number of rotatable bonds is 2. The number of amides is 4. The largest absolute Gasteiger partial charge is 0.280 e. The van der Waals surface area contributed by atoms with E-state index in [1.165, 1.54) is 10.0 Å². The van der Waals surface area contributed by atoms with Crippen LogP contribution in [-0.2, 0) is 0 Å². The molecule has 0 radical (unpaired) electrons. The first-order chi connectivity index (χ1) is 23.3. The fraction of sp³-hybridized carbons (Fsp3) is 0.100. The van der Waals surface area contributed by atoms with Crippen LogP contribution in [0.1, 0.15) is 60.3 Å². The van der Waals surface area contributed by atoms with Gasteiger partial charge in [0.15, 0.2) is 0 Å². The van der Waals surface area contributed by atoms with Crippen molar-refractivity contribution < 1.29 is 19.2 Å². The number of hydrogen-bond acceptors (Lipinski definition) is 4. The number of fused-ring (bicyclic) bond motifs is 6. The average Bonchev–Trinajstić information content (AvgIpc) is 3.58. The molecule has 0 spiro atoms. The number of para-hydroxylation sites is 2. The van der Waals surface area contributed by atoms with Crippen LogP contribution in [0.5, 0.6) is 0 Å². The van der Waals surface area contributed by atoms with E-state index in [9.17, 15) is 19.2 Å². The van der Waals surface area contributed by atoms with Gasteiger partial charge < -0.3 is 0 Å². The third-order valence-corrected chi connectivity index (χ3v) is 10.1. The Balaban J connectivity index is 1.18. The smallest absolute Gasteiger partial charge is 0.267 e. The monoisotopic (exact) mass is 626 g/mol. The van der Waals surface area contributed by atoms with Gasteiger partial charge in [0.25, 0.3) is 23.6 Å². The summed E-state index contributed by atoms with van der Waals surface area (Å²) < 4.78 is 3.41. The van der Waals surface area contributed by atoms with Gasteiger partial charge in [-0.2, -0.15) is 10.0 Å². The molecule has 8 heteroatoms. The van der Waals surface area contributed by atoms with E-state index in [-0.39, 0.29) is 22.3 Å². The molecular weight excluding hydrogens is 600 g/mol. The zero-order chi connectivity index (χ0) is 32.6. The van der Waals surface area contributed by atoms with Gasteiger partial charge in [-0.25, -0.2) is 9.35 Å². The summed E-state index contributed by atoms with van der Waals surface area (Å²) in [4.78, 5) is 57.8. The van der Waals surface area contributed by atoms with E-state index in [0.29, 0.717) is 16.7 Å². The Labute approximate surface area is 272 Å². The molecule has 0 bridgehead atoms. The van der Waals surface area contributed by atoms with Crippen molar-refractivity contribution in [3.63, 3.8) is 0 Å². The molecule has 5 aromatic carbocycles. The molecule has 0 saturated heterocycles. The van der Waals surface area contributed by atoms with Crippen LogP contribution in [-0.4, -0.2) is 33.0 Å². The first-order valence-electron chi connectivity index (χ1n) is 16.0. The van der Waals surface area contributed by atoms with Gasteiger partial charge in [-0.3, -0.25) is 19.2 Å². The van der Waals surface area contributed by atoms with Gasteiger partial charge in [0.05, 0.1) is 44.2 Å². The van der Waals surface area contributed by atoms with Crippen LogP contribution in [0.4, 0.5) is 0 Å². The molecule has 0 fully saturated rings. The maximum Gasteiger partial charge on any atom is 0.280 e. The zero-order valence-corrected chi connectivity index (χ0v) is 26.0. The number of imide groups is 2. The quantitative estimate of drug-likeness (QED) is 0.232.